The molecular weight excluding hydrogens is 386 g/mol. The second kappa shape index (κ2) is 12.1. The summed E-state index contributed by atoms with van der Waals surface area (Å²) >= 11 is 5.79. The summed E-state index contributed by atoms with van der Waals surface area (Å²) in [7, 11) is 0. The second-order valence-electron chi connectivity index (χ2n) is 6.80. The molecule has 0 bridgehead atoms. The Morgan fingerprint density at radius 3 is 2.90 bits per heavy atom. The van der Waals surface area contributed by atoms with E-state index in [1.54, 1.807) is 13.0 Å². The minimum atomic E-state index is -0.166. The van der Waals surface area contributed by atoms with Crippen LogP contribution in [0.2, 0.25) is 0 Å². The summed E-state index contributed by atoms with van der Waals surface area (Å²) in [6.07, 6.45) is 9.04. The van der Waals surface area contributed by atoms with Crippen molar-refractivity contribution in [2.24, 2.45) is 9.98 Å². The highest BCUT2D eigenvalue weighted by Gasteiger charge is 2.17. The van der Waals surface area contributed by atoms with E-state index in [1.807, 2.05) is 36.4 Å². The summed E-state index contributed by atoms with van der Waals surface area (Å²) in [5.74, 6) is -0.166. The van der Waals surface area contributed by atoms with Crippen molar-refractivity contribution in [2.45, 2.75) is 38.6 Å². The lowest BCUT2D eigenvalue weighted by atomic mass is 10.0. The van der Waals surface area contributed by atoms with Crippen LogP contribution in [0.4, 0.5) is 5.69 Å². The van der Waals surface area contributed by atoms with Gasteiger partial charge in [-0.3, -0.25) is 9.79 Å². The molecule has 1 aromatic rings. The van der Waals surface area contributed by atoms with Crippen molar-refractivity contribution >= 4 is 41.2 Å². The van der Waals surface area contributed by atoms with Crippen molar-refractivity contribution in [3.63, 3.8) is 0 Å². The van der Waals surface area contributed by atoms with Crippen molar-refractivity contribution in [1.82, 2.24) is 5.32 Å². The largest absolute Gasteiger partial charge is 0.379 e. The number of amides is 1. The number of carbonyl (C=O) groups is 1. The summed E-state index contributed by atoms with van der Waals surface area (Å²) in [4.78, 5) is 20.6. The average molecular weight is 414 g/mol. The zero-order valence-electron chi connectivity index (χ0n) is 16.9. The van der Waals surface area contributed by atoms with Crippen LogP contribution in [0.25, 0.3) is 5.57 Å². The second-order valence-corrected chi connectivity index (χ2v) is 7.19. The topological polar surface area (TPSA) is 63.0 Å². The Kier molecular flexibility index (Phi) is 9.54. The van der Waals surface area contributed by atoms with Gasteiger partial charge in [-0.25, -0.2) is 4.99 Å². The minimum Gasteiger partial charge on any atom is -0.379 e. The van der Waals surface area contributed by atoms with Gasteiger partial charge in [0.15, 0.2) is 0 Å². The van der Waals surface area contributed by atoms with Crippen molar-refractivity contribution in [3.8, 4) is 0 Å². The van der Waals surface area contributed by atoms with Crippen LogP contribution < -0.4 is 5.32 Å². The van der Waals surface area contributed by atoms with Crippen molar-refractivity contribution in [3.05, 3.63) is 59.8 Å². The Balaban J connectivity index is 2.01. The fourth-order valence-electron chi connectivity index (χ4n) is 2.91. The van der Waals surface area contributed by atoms with Gasteiger partial charge in [-0.2, -0.15) is 0 Å². The molecule has 1 aliphatic heterocycles. The van der Waals surface area contributed by atoms with E-state index in [0.717, 1.165) is 36.3 Å². The Labute approximate surface area is 177 Å². The molecule has 1 saturated heterocycles. The van der Waals surface area contributed by atoms with E-state index in [2.05, 4.69) is 28.6 Å². The molecule has 5 nitrogen and oxygen atoms in total. The number of rotatable bonds is 9. The summed E-state index contributed by atoms with van der Waals surface area (Å²) in [6, 6.07) is 7.75. The van der Waals surface area contributed by atoms with E-state index in [0.29, 0.717) is 30.3 Å². The molecule has 29 heavy (non-hydrogen) atoms. The third-order valence-corrected chi connectivity index (χ3v) is 4.78. The SMILES string of the molecule is C=NC(Cl)=CC/C=C/CC(=C)c1ccccc1N=C(C)C(=O)N[C@@H]1CCCOC1. The Morgan fingerprint density at radius 2 is 2.17 bits per heavy atom. The molecule has 0 radical (unpaired) electrons. The number of allylic oxidation sites excluding steroid dienone is 4. The maximum atomic E-state index is 12.5. The van der Waals surface area contributed by atoms with Gasteiger partial charge in [0.1, 0.15) is 10.9 Å². The van der Waals surface area contributed by atoms with Crippen LogP contribution in [-0.2, 0) is 9.53 Å². The molecule has 0 unspecified atom stereocenters. The van der Waals surface area contributed by atoms with Gasteiger partial charge in [0, 0.05) is 12.2 Å². The predicted molar refractivity (Wildman–Crippen MR) is 122 cm³/mol. The van der Waals surface area contributed by atoms with Gasteiger partial charge in [-0.05, 0) is 57.0 Å². The van der Waals surface area contributed by atoms with Gasteiger partial charge in [-0.1, -0.05) is 48.5 Å². The quantitative estimate of drug-likeness (QED) is 0.343. The average Bonchev–Trinajstić information content (AvgIpc) is 2.74. The van der Waals surface area contributed by atoms with Crippen LogP contribution in [0.15, 0.2) is 64.2 Å². The number of nitrogens with zero attached hydrogens (tertiary/aromatic N) is 2. The fraction of sp³-hybridized carbons (Fsp3) is 0.348. The van der Waals surface area contributed by atoms with Gasteiger partial charge < -0.3 is 10.1 Å². The number of ether oxygens (including phenoxy) is 1. The van der Waals surface area contributed by atoms with Crippen LogP contribution in [0.1, 0.15) is 38.2 Å². The standard InChI is InChI=1S/C23H28ClN3O2/c1-17(10-5-4-6-14-22(24)25-3)20-12-7-8-13-21(20)26-18(2)23(28)27-19-11-9-15-29-16-19/h4-5,7-8,12-14,19H,1,3,6,9-11,15-16H2,2H3,(H,27,28)/b5-4+,22-14?,26-18?/t19-/m1/s1. The molecule has 1 amide bonds. The monoisotopic (exact) mass is 413 g/mol. The van der Waals surface area contributed by atoms with E-state index >= 15 is 0 Å². The number of aliphatic imine (C=N–C) groups is 2. The van der Waals surface area contributed by atoms with Crippen LogP contribution in [-0.4, -0.2) is 37.6 Å². The van der Waals surface area contributed by atoms with E-state index in [-0.39, 0.29) is 11.9 Å². The molecule has 0 aliphatic carbocycles. The van der Waals surface area contributed by atoms with Gasteiger partial charge in [0.25, 0.3) is 5.91 Å². The van der Waals surface area contributed by atoms with E-state index < -0.39 is 0 Å². The maximum Gasteiger partial charge on any atom is 0.265 e. The number of nitrogens with one attached hydrogen (secondary N) is 1. The minimum absolute atomic E-state index is 0.0515. The number of carbonyl (C=O) groups excluding carboxylic acids is 1. The Hall–Kier alpha value is -2.50. The number of hydrogen-bond donors (Lipinski definition) is 1. The first kappa shape index (κ1) is 22.8. The molecule has 0 aromatic heterocycles. The first-order valence-electron chi connectivity index (χ1n) is 9.69. The summed E-state index contributed by atoms with van der Waals surface area (Å²) in [6.45, 7) is 10.6. The first-order valence-corrected chi connectivity index (χ1v) is 10.1. The smallest absolute Gasteiger partial charge is 0.265 e. The highest BCUT2D eigenvalue weighted by molar-refractivity contribution is 6.38. The van der Waals surface area contributed by atoms with Gasteiger partial charge >= 0.3 is 0 Å². The van der Waals surface area contributed by atoms with Crippen molar-refractivity contribution in [1.29, 1.82) is 0 Å². The number of para-hydroxylation sites is 1. The molecule has 6 heteroatoms. The molecule has 0 spiro atoms. The first-order chi connectivity index (χ1) is 14.0. The summed E-state index contributed by atoms with van der Waals surface area (Å²) < 4.78 is 5.41. The highest BCUT2D eigenvalue weighted by atomic mass is 35.5. The number of benzene rings is 1. The lowest BCUT2D eigenvalue weighted by Gasteiger charge is -2.23. The fourth-order valence-corrected chi connectivity index (χ4v) is 3.00. The van der Waals surface area contributed by atoms with Crippen molar-refractivity contribution < 1.29 is 9.53 Å². The van der Waals surface area contributed by atoms with Crippen LogP contribution in [0.5, 0.6) is 0 Å². The molecule has 1 aliphatic rings. The molecule has 154 valence electrons. The zero-order valence-corrected chi connectivity index (χ0v) is 17.6. The van der Waals surface area contributed by atoms with Gasteiger partial charge in [-0.15, -0.1) is 0 Å². The molecule has 2 rings (SSSR count). The molecule has 1 heterocycles. The lowest BCUT2D eigenvalue weighted by Crippen LogP contribution is -2.43. The molecule has 1 N–H and O–H groups in total. The Morgan fingerprint density at radius 1 is 1.38 bits per heavy atom. The zero-order chi connectivity index (χ0) is 21.1. The molecule has 1 aromatic carbocycles. The van der Waals surface area contributed by atoms with Crippen molar-refractivity contribution in [2.75, 3.05) is 13.2 Å². The molecule has 1 fully saturated rings. The van der Waals surface area contributed by atoms with E-state index in [1.165, 1.54) is 0 Å². The summed E-state index contributed by atoms with van der Waals surface area (Å²) in [5.41, 5.74) is 3.00. The molecule has 1 atom stereocenters. The van der Waals surface area contributed by atoms with Crippen LogP contribution >= 0.6 is 11.6 Å². The van der Waals surface area contributed by atoms with Gasteiger partial charge in [0.2, 0.25) is 0 Å². The predicted octanol–water partition coefficient (Wildman–Crippen LogP) is 5.20. The normalized spacial score (nSPS) is 17.9. The molecule has 0 saturated carbocycles. The third kappa shape index (κ3) is 7.80. The van der Waals surface area contributed by atoms with Crippen LogP contribution in [0, 0.1) is 0 Å². The highest BCUT2D eigenvalue weighted by Crippen LogP contribution is 2.28. The summed E-state index contributed by atoms with van der Waals surface area (Å²) in [5, 5.41) is 3.38. The third-order valence-electron chi connectivity index (χ3n) is 4.50. The number of hydrogen-bond acceptors (Lipinski definition) is 4. The maximum absolute atomic E-state index is 12.5. The van der Waals surface area contributed by atoms with E-state index in [9.17, 15) is 4.79 Å². The van der Waals surface area contributed by atoms with Gasteiger partial charge in [0.05, 0.1) is 18.3 Å². The van der Waals surface area contributed by atoms with E-state index in [4.69, 9.17) is 16.3 Å². The lowest BCUT2D eigenvalue weighted by molar-refractivity contribution is -0.116. The van der Waals surface area contributed by atoms with Crippen LogP contribution in [0.3, 0.4) is 0 Å². The number of halogens is 1. The Bertz CT molecular complexity index is 821. The molecular formula is C23H28ClN3O2.